The number of rotatable bonds is 6. The highest BCUT2D eigenvalue weighted by molar-refractivity contribution is 5.80. The smallest absolute Gasteiger partial charge is 0.225 e. The van der Waals surface area contributed by atoms with Crippen molar-refractivity contribution in [2.45, 2.75) is 18.9 Å². The molecule has 0 fully saturated rings. The van der Waals surface area contributed by atoms with Gasteiger partial charge in [-0.1, -0.05) is 48.5 Å². The zero-order chi connectivity index (χ0) is 21.0. The van der Waals surface area contributed by atoms with Crippen molar-refractivity contribution in [2.24, 2.45) is 0 Å². The van der Waals surface area contributed by atoms with Crippen molar-refractivity contribution in [1.29, 1.82) is 0 Å². The summed E-state index contributed by atoms with van der Waals surface area (Å²) in [6.45, 7) is 1.07. The number of aromatic amines is 1. The van der Waals surface area contributed by atoms with Gasteiger partial charge in [0.15, 0.2) is 11.5 Å². The summed E-state index contributed by atoms with van der Waals surface area (Å²) >= 11 is 0. The van der Waals surface area contributed by atoms with Crippen molar-refractivity contribution in [1.82, 2.24) is 15.3 Å². The van der Waals surface area contributed by atoms with Crippen LogP contribution in [-0.4, -0.2) is 29.1 Å². The van der Waals surface area contributed by atoms with Crippen LogP contribution in [0.25, 0.3) is 11.0 Å². The maximum absolute atomic E-state index is 12.9. The van der Waals surface area contributed by atoms with Gasteiger partial charge in [0, 0.05) is 0 Å². The van der Waals surface area contributed by atoms with Crippen molar-refractivity contribution in [2.75, 3.05) is 13.2 Å². The monoisotopic (exact) mass is 413 g/mol. The molecule has 4 aromatic rings. The molecule has 0 aliphatic carbocycles. The lowest BCUT2D eigenvalue weighted by Crippen LogP contribution is -2.32. The third kappa shape index (κ3) is 4.38. The molecule has 1 aliphatic rings. The fourth-order valence-electron chi connectivity index (χ4n) is 3.83. The summed E-state index contributed by atoms with van der Waals surface area (Å²) in [5, 5.41) is 3.17. The van der Waals surface area contributed by atoms with Crippen LogP contribution in [-0.2, 0) is 17.6 Å². The number of nitrogens with one attached hydrogen (secondary N) is 2. The summed E-state index contributed by atoms with van der Waals surface area (Å²) in [6, 6.07) is 23.4. The van der Waals surface area contributed by atoms with Crippen LogP contribution in [0.1, 0.15) is 23.0 Å². The van der Waals surface area contributed by atoms with E-state index in [1.807, 2.05) is 60.7 Å². The Morgan fingerprint density at radius 2 is 1.71 bits per heavy atom. The topological polar surface area (TPSA) is 76.2 Å². The molecule has 1 aromatic heterocycles. The van der Waals surface area contributed by atoms with Gasteiger partial charge < -0.3 is 19.8 Å². The summed E-state index contributed by atoms with van der Waals surface area (Å²) in [6.07, 6.45) is 0.899. The number of carbonyl (C=O) groups is 1. The number of aromatic nitrogens is 2. The SMILES string of the molecule is O=C(Cc1ccc2c(c1)OCCO2)NC(Cc1ccccc1)c1nc2ccccc2[nH]1. The highest BCUT2D eigenvalue weighted by atomic mass is 16.6. The Morgan fingerprint density at radius 1 is 0.935 bits per heavy atom. The number of hydrogen-bond donors (Lipinski definition) is 2. The number of amides is 1. The number of H-pyrrole nitrogens is 1. The summed E-state index contributed by atoms with van der Waals surface area (Å²) in [4.78, 5) is 21.0. The molecule has 2 heterocycles. The molecule has 0 spiro atoms. The van der Waals surface area contributed by atoms with E-state index < -0.39 is 0 Å². The van der Waals surface area contributed by atoms with Gasteiger partial charge in [-0.3, -0.25) is 4.79 Å². The zero-order valence-electron chi connectivity index (χ0n) is 17.0. The lowest BCUT2D eigenvalue weighted by atomic mass is 10.0. The van der Waals surface area contributed by atoms with Gasteiger partial charge in [-0.05, 0) is 41.8 Å². The van der Waals surface area contributed by atoms with Crippen LogP contribution in [0.15, 0.2) is 72.8 Å². The van der Waals surface area contributed by atoms with Gasteiger partial charge in [-0.15, -0.1) is 0 Å². The summed E-state index contributed by atoms with van der Waals surface area (Å²) < 4.78 is 11.2. The van der Waals surface area contributed by atoms with Gasteiger partial charge in [-0.2, -0.15) is 0 Å². The minimum atomic E-state index is -0.264. The highest BCUT2D eigenvalue weighted by Crippen LogP contribution is 2.31. The van der Waals surface area contributed by atoms with Crippen molar-refractivity contribution >= 4 is 16.9 Å². The second kappa shape index (κ2) is 8.52. The molecule has 3 aromatic carbocycles. The maximum Gasteiger partial charge on any atom is 0.225 e. The van der Waals surface area contributed by atoms with E-state index in [-0.39, 0.29) is 18.4 Å². The third-order valence-electron chi connectivity index (χ3n) is 5.33. The predicted octanol–water partition coefficient (Wildman–Crippen LogP) is 3.98. The maximum atomic E-state index is 12.9. The second-order valence-corrected chi connectivity index (χ2v) is 7.60. The molecule has 0 radical (unpaired) electrons. The van der Waals surface area contributed by atoms with Crippen LogP contribution in [0.2, 0.25) is 0 Å². The van der Waals surface area contributed by atoms with E-state index in [1.165, 1.54) is 0 Å². The lowest BCUT2D eigenvalue weighted by molar-refractivity contribution is -0.121. The van der Waals surface area contributed by atoms with Crippen LogP contribution >= 0.6 is 0 Å². The van der Waals surface area contributed by atoms with Crippen molar-refractivity contribution in [3.8, 4) is 11.5 Å². The number of hydrogen-bond acceptors (Lipinski definition) is 4. The number of nitrogens with zero attached hydrogens (tertiary/aromatic N) is 1. The zero-order valence-corrected chi connectivity index (χ0v) is 17.0. The van der Waals surface area contributed by atoms with Crippen LogP contribution in [0, 0.1) is 0 Å². The number of benzene rings is 3. The van der Waals surface area contributed by atoms with E-state index in [2.05, 4.69) is 22.4 Å². The first-order valence-electron chi connectivity index (χ1n) is 10.4. The van der Waals surface area contributed by atoms with Gasteiger partial charge in [0.05, 0.1) is 23.5 Å². The first kappa shape index (κ1) is 19.2. The average Bonchev–Trinajstić information content (AvgIpc) is 3.24. The number of para-hydroxylation sites is 2. The van der Waals surface area contributed by atoms with Crippen molar-refractivity contribution in [3.05, 3.63) is 89.7 Å². The number of ether oxygens (including phenoxy) is 2. The molecule has 2 N–H and O–H groups in total. The number of carbonyl (C=O) groups excluding carboxylic acids is 1. The molecule has 1 aliphatic heterocycles. The van der Waals surface area contributed by atoms with Crippen LogP contribution in [0.3, 0.4) is 0 Å². The number of imidazole rings is 1. The van der Waals surface area contributed by atoms with Crippen molar-refractivity contribution in [3.63, 3.8) is 0 Å². The molecule has 1 atom stereocenters. The molecule has 0 saturated carbocycles. The molecule has 1 amide bonds. The summed E-state index contributed by atoms with van der Waals surface area (Å²) in [7, 11) is 0. The van der Waals surface area contributed by atoms with E-state index in [0.717, 1.165) is 33.7 Å². The van der Waals surface area contributed by atoms with Gasteiger partial charge in [0.25, 0.3) is 0 Å². The minimum Gasteiger partial charge on any atom is -0.486 e. The Bertz CT molecular complexity index is 1170. The third-order valence-corrected chi connectivity index (χ3v) is 5.33. The Balaban J connectivity index is 1.36. The Morgan fingerprint density at radius 3 is 2.55 bits per heavy atom. The van der Waals surface area contributed by atoms with Gasteiger partial charge >= 0.3 is 0 Å². The lowest BCUT2D eigenvalue weighted by Gasteiger charge is -2.19. The summed E-state index contributed by atoms with van der Waals surface area (Å²) in [5.41, 5.74) is 3.85. The van der Waals surface area contributed by atoms with Crippen molar-refractivity contribution < 1.29 is 14.3 Å². The molecule has 31 heavy (non-hydrogen) atoms. The molecule has 1 unspecified atom stereocenters. The summed E-state index contributed by atoms with van der Waals surface area (Å²) in [5.74, 6) is 2.09. The molecule has 0 bridgehead atoms. The molecular weight excluding hydrogens is 390 g/mol. The van der Waals surface area contributed by atoms with Gasteiger partial charge in [0.1, 0.15) is 19.0 Å². The van der Waals surface area contributed by atoms with Gasteiger partial charge in [0.2, 0.25) is 5.91 Å². The predicted molar refractivity (Wildman–Crippen MR) is 118 cm³/mol. The quantitative estimate of drug-likeness (QED) is 0.501. The Labute approximate surface area is 180 Å². The molecular formula is C25H23N3O3. The largest absolute Gasteiger partial charge is 0.486 e. The molecule has 5 rings (SSSR count). The Hall–Kier alpha value is -3.80. The molecule has 6 nitrogen and oxygen atoms in total. The first-order valence-corrected chi connectivity index (χ1v) is 10.4. The molecule has 0 saturated heterocycles. The van der Waals surface area contributed by atoms with Crippen LogP contribution in [0.4, 0.5) is 0 Å². The molecule has 156 valence electrons. The fourth-order valence-corrected chi connectivity index (χ4v) is 3.83. The van der Waals surface area contributed by atoms with E-state index in [4.69, 9.17) is 14.5 Å². The fraction of sp³-hybridized carbons (Fsp3) is 0.200. The van der Waals surface area contributed by atoms with E-state index in [9.17, 15) is 4.79 Å². The van der Waals surface area contributed by atoms with E-state index in [0.29, 0.717) is 25.4 Å². The van der Waals surface area contributed by atoms with E-state index in [1.54, 1.807) is 0 Å². The number of fused-ring (bicyclic) bond motifs is 2. The highest BCUT2D eigenvalue weighted by Gasteiger charge is 2.20. The average molecular weight is 413 g/mol. The van der Waals surface area contributed by atoms with E-state index >= 15 is 0 Å². The van der Waals surface area contributed by atoms with Crippen LogP contribution in [0.5, 0.6) is 11.5 Å². The van der Waals surface area contributed by atoms with Crippen LogP contribution < -0.4 is 14.8 Å². The molecule has 6 heteroatoms. The Kier molecular flexibility index (Phi) is 5.27. The minimum absolute atomic E-state index is 0.0712. The second-order valence-electron chi connectivity index (χ2n) is 7.60. The standard InChI is InChI=1S/C25H23N3O3/c29-24(16-18-10-11-22-23(15-18)31-13-12-30-22)26-21(14-17-6-2-1-3-7-17)25-27-19-8-4-5-9-20(19)28-25/h1-11,15,21H,12-14,16H2,(H,26,29)(H,27,28). The van der Waals surface area contributed by atoms with Gasteiger partial charge in [-0.25, -0.2) is 4.98 Å². The normalized spacial score (nSPS) is 13.7. The first-order chi connectivity index (χ1) is 15.2.